The Morgan fingerprint density at radius 2 is 2.15 bits per heavy atom. The molecule has 20 heavy (non-hydrogen) atoms. The van der Waals surface area contributed by atoms with Gasteiger partial charge in [-0.15, -0.1) is 0 Å². The van der Waals surface area contributed by atoms with Gasteiger partial charge in [-0.2, -0.15) is 0 Å². The maximum atomic E-state index is 3.92. The molecule has 0 fully saturated rings. The molecule has 0 saturated heterocycles. The summed E-state index contributed by atoms with van der Waals surface area (Å²) in [4.78, 5) is 0. The fraction of sp³-hybridized carbons (Fsp3) is 0.368. The summed E-state index contributed by atoms with van der Waals surface area (Å²) in [6.45, 7) is 4.65. The van der Waals surface area contributed by atoms with Gasteiger partial charge in [0.25, 0.3) is 0 Å². The molecule has 1 nitrogen and oxygen atoms in total. The first-order chi connectivity index (χ1) is 9.71. The van der Waals surface area contributed by atoms with E-state index in [4.69, 9.17) is 0 Å². The van der Waals surface area contributed by atoms with Crippen molar-refractivity contribution in [3.63, 3.8) is 0 Å². The van der Waals surface area contributed by atoms with Crippen LogP contribution >= 0.6 is 0 Å². The predicted octanol–water partition coefficient (Wildman–Crippen LogP) is 4.40. The van der Waals surface area contributed by atoms with Crippen LogP contribution in [-0.2, 0) is 5.54 Å². The minimum atomic E-state index is 0.0320. The first-order valence-electron chi connectivity index (χ1n) is 7.66. The lowest BCUT2D eigenvalue weighted by atomic mass is 9.73. The van der Waals surface area contributed by atoms with Crippen molar-refractivity contribution >= 4 is 0 Å². The third kappa shape index (κ3) is 1.53. The van der Waals surface area contributed by atoms with Gasteiger partial charge < -0.3 is 0 Å². The zero-order chi connectivity index (χ0) is 13.7. The van der Waals surface area contributed by atoms with Crippen molar-refractivity contribution in [2.45, 2.75) is 38.3 Å². The molecule has 2 bridgehead atoms. The van der Waals surface area contributed by atoms with Gasteiger partial charge in [-0.25, -0.2) is 0 Å². The van der Waals surface area contributed by atoms with E-state index >= 15 is 0 Å². The van der Waals surface area contributed by atoms with E-state index in [0.29, 0.717) is 12.0 Å². The van der Waals surface area contributed by atoms with Gasteiger partial charge in [0.2, 0.25) is 0 Å². The molecule has 2 atom stereocenters. The standard InChI is InChI=1S/C19H21N/c1-13(2)12-19-16-9-5-3-7-14(16)11-18(20-19)15-8-4-6-10-17(15)19/h3-6,8-11,13,18,20H,7,12H2,1-2H3/t18-,19+/m1/s1. The molecule has 0 radical (unpaired) electrons. The third-order valence-electron chi connectivity index (χ3n) is 4.78. The lowest BCUT2D eigenvalue weighted by molar-refractivity contribution is 0.323. The summed E-state index contributed by atoms with van der Waals surface area (Å²) in [5, 5.41) is 3.92. The molecule has 4 rings (SSSR count). The lowest BCUT2D eigenvalue weighted by Crippen LogP contribution is -2.44. The SMILES string of the molecule is CC(C)C[C@]12N[C@H](C=C3CC=CC=C31)c1ccccc12. The summed E-state index contributed by atoms with van der Waals surface area (Å²) in [5.74, 6) is 0.667. The van der Waals surface area contributed by atoms with E-state index in [9.17, 15) is 0 Å². The van der Waals surface area contributed by atoms with E-state index < -0.39 is 0 Å². The number of hydrogen-bond acceptors (Lipinski definition) is 1. The molecule has 102 valence electrons. The van der Waals surface area contributed by atoms with Crippen molar-refractivity contribution in [3.8, 4) is 0 Å². The fourth-order valence-electron chi connectivity index (χ4n) is 4.17. The van der Waals surface area contributed by atoms with Crippen LogP contribution in [0.25, 0.3) is 0 Å². The molecule has 0 aromatic heterocycles. The Balaban J connectivity index is 1.97. The van der Waals surface area contributed by atoms with Gasteiger partial charge >= 0.3 is 0 Å². The summed E-state index contributed by atoms with van der Waals surface area (Å²) >= 11 is 0. The molecular weight excluding hydrogens is 242 g/mol. The van der Waals surface area contributed by atoms with Crippen molar-refractivity contribution in [3.05, 3.63) is 70.8 Å². The molecule has 0 saturated carbocycles. The highest BCUT2D eigenvalue weighted by Crippen LogP contribution is 2.53. The molecule has 2 heterocycles. The highest BCUT2D eigenvalue weighted by Gasteiger charge is 2.48. The van der Waals surface area contributed by atoms with Crippen molar-refractivity contribution in [2.75, 3.05) is 0 Å². The van der Waals surface area contributed by atoms with E-state index in [1.165, 1.54) is 22.3 Å². The maximum Gasteiger partial charge on any atom is 0.0706 e. The largest absolute Gasteiger partial charge is 0.293 e. The van der Waals surface area contributed by atoms with Crippen LogP contribution in [0.5, 0.6) is 0 Å². The molecule has 0 unspecified atom stereocenters. The van der Waals surface area contributed by atoms with Gasteiger partial charge in [-0.1, -0.05) is 62.4 Å². The Kier molecular flexibility index (Phi) is 2.55. The third-order valence-corrected chi connectivity index (χ3v) is 4.78. The fourth-order valence-corrected chi connectivity index (χ4v) is 4.17. The summed E-state index contributed by atoms with van der Waals surface area (Å²) in [5.41, 5.74) is 6.01. The first kappa shape index (κ1) is 12.2. The van der Waals surface area contributed by atoms with Crippen LogP contribution in [0.15, 0.2) is 59.7 Å². The van der Waals surface area contributed by atoms with Gasteiger partial charge in [-0.3, -0.25) is 5.32 Å². The van der Waals surface area contributed by atoms with E-state index in [2.05, 4.69) is 67.7 Å². The van der Waals surface area contributed by atoms with E-state index in [1.807, 2.05) is 0 Å². The molecule has 1 heteroatoms. The quantitative estimate of drug-likeness (QED) is 0.834. The second-order valence-electron chi connectivity index (χ2n) is 6.62. The van der Waals surface area contributed by atoms with Gasteiger partial charge in [0, 0.05) is 0 Å². The number of allylic oxidation sites excluding steroid dienone is 3. The van der Waals surface area contributed by atoms with Crippen LogP contribution in [0, 0.1) is 5.92 Å². The second kappa shape index (κ2) is 4.20. The van der Waals surface area contributed by atoms with Crippen LogP contribution in [0.3, 0.4) is 0 Å². The van der Waals surface area contributed by atoms with Crippen LogP contribution in [0.4, 0.5) is 0 Å². The number of rotatable bonds is 2. The number of fused-ring (bicyclic) bond motifs is 7. The summed E-state index contributed by atoms with van der Waals surface area (Å²) in [6.07, 6.45) is 11.5. The van der Waals surface area contributed by atoms with Crippen LogP contribution in [0.1, 0.15) is 43.9 Å². The molecule has 1 aromatic carbocycles. The average Bonchev–Trinajstić information content (AvgIpc) is 2.70. The van der Waals surface area contributed by atoms with E-state index in [0.717, 1.165) is 12.8 Å². The molecule has 3 aliphatic rings. The predicted molar refractivity (Wildman–Crippen MR) is 83.4 cm³/mol. The van der Waals surface area contributed by atoms with Gasteiger partial charge in [0.1, 0.15) is 0 Å². The molecule has 0 amide bonds. The highest BCUT2D eigenvalue weighted by atomic mass is 15.1. The first-order valence-corrected chi connectivity index (χ1v) is 7.66. The lowest BCUT2D eigenvalue weighted by Gasteiger charge is -2.40. The van der Waals surface area contributed by atoms with Crippen LogP contribution < -0.4 is 5.32 Å². The normalized spacial score (nSPS) is 29.9. The minimum Gasteiger partial charge on any atom is -0.293 e. The molecular formula is C19H21N. The maximum absolute atomic E-state index is 3.92. The topological polar surface area (TPSA) is 12.0 Å². The zero-order valence-electron chi connectivity index (χ0n) is 12.2. The highest BCUT2D eigenvalue weighted by molar-refractivity contribution is 5.60. The molecule has 1 aliphatic carbocycles. The smallest absolute Gasteiger partial charge is 0.0706 e. The Hall–Kier alpha value is -1.60. The summed E-state index contributed by atoms with van der Waals surface area (Å²) < 4.78 is 0. The molecule has 0 spiro atoms. The van der Waals surface area contributed by atoms with Gasteiger partial charge in [0.05, 0.1) is 11.6 Å². The minimum absolute atomic E-state index is 0.0320. The second-order valence-corrected chi connectivity index (χ2v) is 6.62. The van der Waals surface area contributed by atoms with Crippen LogP contribution in [0.2, 0.25) is 0 Å². The zero-order valence-corrected chi connectivity index (χ0v) is 12.2. The van der Waals surface area contributed by atoms with Gasteiger partial charge in [-0.05, 0) is 41.0 Å². The number of benzene rings is 1. The number of nitrogens with one attached hydrogen (secondary N) is 1. The molecule has 1 aromatic rings. The van der Waals surface area contributed by atoms with Crippen molar-refractivity contribution in [1.29, 1.82) is 0 Å². The number of hydrogen-bond donors (Lipinski definition) is 1. The van der Waals surface area contributed by atoms with Crippen molar-refractivity contribution in [2.24, 2.45) is 5.92 Å². The van der Waals surface area contributed by atoms with Crippen molar-refractivity contribution < 1.29 is 0 Å². The Bertz CT molecular complexity index is 647. The Labute approximate surface area is 121 Å². The average molecular weight is 263 g/mol. The molecule has 2 aliphatic heterocycles. The van der Waals surface area contributed by atoms with Gasteiger partial charge in [0.15, 0.2) is 0 Å². The van der Waals surface area contributed by atoms with Crippen molar-refractivity contribution in [1.82, 2.24) is 5.32 Å². The van der Waals surface area contributed by atoms with Crippen LogP contribution in [-0.4, -0.2) is 0 Å². The summed E-state index contributed by atoms with van der Waals surface area (Å²) in [6, 6.07) is 9.35. The summed E-state index contributed by atoms with van der Waals surface area (Å²) in [7, 11) is 0. The Morgan fingerprint density at radius 1 is 1.30 bits per heavy atom. The van der Waals surface area contributed by atoms with E-state index in [1.54, 1.807) is 0 Å². The monoisotopic (exact) mass is 263 g/mol. The Morgan fingerprint density at radius 3 is 3.00 bits per heavy atom. The van der Waals surface area contributed by atoms with E-state index in [-0.39, 0.29) is 5.54 Å². The molecule has 1 N–H and O–H groups in total.